The number of ether oxygens (including phenoxy) is 1. The lowest BCUT2D eigenvalue weighted by molar-refractivity contribution is -0.129. The molecule has 0 spiro atoms. The molecule has 5 rings (SSSR count). The number of carbonyl (C=O) groups is 2. The number of amides is 2. The highest BCUT2D eigenvalue weighted by atomic mass is 32.1. The number of unbranched alkanes of at least 4 members (excludes halogenated alkanes) is 1. The molecule has 1 aliphatic heterocycles. The Labute approximate surface area is 247 Å². The van der Waals surface area contributed by atoms with Crippen LogP contribution in [0.2, 0.25) is 0 Å². The quantitative estimate of drug-likeness (QED) is 0.0769. The van der Waals surface area contributed by atoms with Crippen LogP contribution in [-0.2, 0) is 9.59 Å². The zero-order valence-corrected chi connectivity index (χ0v) is 23.9. The van der Waals surface area contributed by atoms with Crippen molar-refractivity contribution in [2.24, 2.45) is 0 Å². The molecule has 2 aromatic heterocycles. The fourth-order valence-corrected chi connectivity index (χ4v) is 5.45. The first kappa shape index (κ1) is 29.0. The molecule has 12 heteroatoms. The number of aromatic nitrogens is 2. The van der Waals surface area contributed by atoms with Crippen molar-refractivity contribution in [2.45, 2.75) is 19.3 Å². The number of anilines is 4. The van der Waals surface area contributed by atoms with Crippen molar-refractivity contribution in [3.05, 3.63) is 72.6 Å². The van der Waals surface area contributed by atoms with Crippen LogP contribution in [0, 0.1) is 0 Å². The van der Waals surface area contributed by atoms with Gasteiger partial charge in [-0.3, -0.25) is 19.7 Å². The molecule has 1 aliphatic rings. The van der Waals surface area contributed by atoms with Crippen molar-refractivity contribution in [1.82, 2.24) is 20.3 Å². The van der Waals surface area contributed by atoms with E-state index in [-0.39, 0.29) is 11.8 Å². The van der Waals surface area contributed by atoms with Crippen LogP contribution in [0.15, 0.2) is 72.6 Å². The predicted molar refractivity (Wildman–Crippen MR) is 165 cm³/mol. The molecular formula is C30H33N7O4S. The number of hydrogen-bond donors (Lipinski definition) is 4. The molecule has 0 atom stereocenters. The number of carbonyl (C=O) groups excluding carboxylic acids is 2. The van der Waals surface area contributed by atoms with Gasteiger partial charge in [0.1, 0.15) is 10.4 Å². The van der Waals surface area contributed by atoms with Crippen LogP contribution in [0.4, 0.5) is 23.0 Å². The highest BCUT2D eigenvalue weighted by Crippen LogP contribution is 2.34. The maximum atomic E-state index is 11.7. The summed E-state index contributed by atoms with van der Waals surface area (Å²) in [6, 6.07) is 17.2. The van der Waals surface area contributed by atoms with E-state index in [2.05, 4.69) is 49.1 Å². The minimum atomic E-state index is -0.330. The topological polar surface area (TPSA) is 132 Å². The summed E-state index contributed by atoms with van der Waals surface area (Å²) in [6.45, 7) is 8.23. The maximum Gasteiger partial charge on any atom is 0.247 e. The third kappa shape index (κ3) is 7.60. The summed E-state index contributed by atoms with van der Waals surface area (Å²) in [5, 5.41) is 16.6. The lowest BCUT2D eigenvalue weighted by Crippen LogP contribution is -2.46. The van der Waals surface area contributed by atoms with Gasteiger partial charge in [0, 0.05) is 55.7 Å². The summed E-state index contributed by atoms with van der Waals surface area (Å²) in [6.07, 6.45) is 3.26. The van der Waals surface area contributed by atoms with Crippen molar-refractivity contribution < 1.29 is 19.5 Å². The van der Waals surface area contributed by atoms with E-state index >= 15 is 0 Å². The van der Waals surface area contributed by atoms with Crippen LogP contribution < -0.4 is 25.8 Å². The van der Waals surface area contributed by atoms with E-state index in [9.17, 15) is 9.59 Å². The molecule has 218 valence electrons. The molecule has 0 bridgehead atoms. The average Bonchev–Trinajstić information content (AvgIpc) is 3.49. The number of hydrogen-bond acceptors (Lipinski definition) is 10. The van der Waals surface area contributed by atoms with E-state index in [0.29, 0.717) is 29.7 Å². The normalized spacial score (nSPS) is 13.5. The largest absolute Gasteiger partial charge is 0.437 e. The van der Waals surface area contributed by atoms with E-state index in [1.165, 1.54) is 17.4 Å². The van der Waals surface area contributed by atoms with E-state index in [1.54, 1.807) is 29.7 Å². The number of hydroxylamine groups is 1. The summed E-state index contributed by atoms with van der Waals surface area (Å²) in [5.41, 5.74) is 5.06. The van der Waals surface area contributed by atoms with Crippen LogP contribution in [0.25, 0.3) is 10.2 Å². The van der Waals surface area contributed by atoms with Crippen LogP contribution in [0.5, 0.6) is 11.6 Å². The number of rotatable bonds is 12. The van der Waals surface area contributed by atoms with Crippen molar-refractivity contribution in [3.63, 3.8) is 0 Å². The van der Waals surface area contributed by atoms with E-state index in [0.717, 1.165) is 67.2 Å². The number of fused-ring (bicyclic) bond motifs is 1. The molecule has 3 heterocycles. The smallest absolute Gasteiger partial charge is 0.247 e. The van der Waals surface area contributed by atoms with Crippen molar-refractivity contribution in [2.75, 3.05) is 48.3 Å². The Morgan fingerprint density at radius 3 is 2.60 bits per heavy atom. The Morgan fingerprint density at radius 2 is 1.83 bits per heavy atom. The Bertz CT molecular complexity index is 1530. The molecule has 1 saturated heterocycles. The molecule has 0 saturated carbocycles. The van der Waals surface area contributed by atoms with Crippen molar-refractivity contribution in [1.29, 1.82) is 0 Å². The number of benzene rings is 2. The van der Waals surface area contributed by atoms with Gasteiger partial charge in [0.2, 0.25) is 23.6 Å². The van der Waals surface area contributed by atoms with Crippen molar-refractivity contribution in [3.8, 4) is 11.6 Å². The molecular weight excluding hydrogens is 554 g/mol. The average molecular weight is 588 g/mol. The number of piperazine rings is 1. The Hall–Kier alpha value is -4.52. The first-order valence-electron chi connectivity index (χ1n) is 13.7. The van der Waals surface area contributed by atoms with Crippen LogP contribution in [0.1, 0.15) is 19.3 Å². The zero-order valence-electron chi connectivity index (χ0n) is 23.1. The number of thiophene rings is 1. The zero-order chi connectivity index (χ0) is 29.3. The molecule has 2 aromatic carbocycles. The standard InChI is InChI=1S/C30H33N7O4S/c1-2-26(38)31-22-6-5-7-24(20-22)41-29-28-25(13-19-42-28)33-30(34-29)32-21-9-11-23(12-10-21)37-17-15-36(16-18-37)14-4-3-8-27(39)35-40/h2,5-7,9-13,19-20,40H,1,3-4,8,14-18H2,(H,31,38)(H,35,39)(H,32,33,34). The summed E-state index contributed by atoms with van der Waals surface area (Å²) >= 11 is 1.50. The van der Waals surface area contributed by atoms with E-state index < -0.39 is 0 Å². The third-order valence-electron chi connectivity index (χ3n) is 6.89. The van der Waals surface area contributed by atoms with Gasteiger partial charge in [-0.25, -0.2) is 10.5 Å². The minimum absolute atomic E-state index is 0.298. The van der Waals surface area contributed by atoms with Crippen molar-refractivity contribution >= 4 is 56.4 Å². The maximum absolute atomic E-state index is 11.7. The van der Waals surface area contributed by atoms with Gasteiger partial charge in [0.15, 0.2) is 0 Å². The number of nitrogens with one attached hydrogen (secondary N) is 3. The lowest BCUT2D eigenvalue weighted by atomic mass is 10.2. The first-order chi connectivity index (χ1) is 20.5. The molecule has 11 nitrogen and oxygen atoms in total. The van der Waals surface area contributed by atoms with Gasteiger partial charge in [-0.05, 0) is 73.3 Å². The predicted octanol–water partition coefficient (Wildman–Crippen LogP) is 5.15. The van der Waals surface area contributed by atoms with Gasteiger partial charge < -0.3 is 20.3 Å². The van der Waals surface area contributed by atoms with Crippen LogP contribution in [0.3, 0.4) is 0 Å². The summed E-state index contributed by atoms with van der Waals surface area (Å²) < 4.78 is 6.97. The monoisotopic (exact) mass is 587 g/mol. The number of nitrogens with zero attached hydrogens (tertiary/aromatic N) is 4. The lowest BCUT2D eigenvalue weighted by Gasteiger charge is -2.36. The molecule has 0 unspecified atom stereocenters. The highest BCUT2D eigenvalue weighted by Gasteiger charge is 2.17. The highest BCUT2D eigenvalue weighted by molar-refractivity contribution is 7.17. The fraction of sp³-hybridized carbons (Fsp3) is 0.267. The van der Waals surface area contributed by atoms with Crippen LogP contribution in [-0.4, -0.2) is 64.6 Å². The Balaban J connectivity index is 1.19. The first-order valence-corrected chi connectivity index (χ1v) is 14.6. The second-order valence-electron chi connectivity index (χ2n) is 9.80. The van der Waals surface area contributed by atoms with Crippen LogP contribution >= 0.6 is 11.3 Å². The fourth-order valence-electron chi connectivity index (χ4n) is 4.70. The van der Waals surface area contributed by atoms with Gasteiger partial charge in [0.25, 0.3) is 0 Å². The Kier molecular flexibility index (Phi) is 9.59. The second-order valence-corrected chi connectivity index (χ2v) is 10.7. The summed E-state index contributed by atoms with van der Waals surface area (Å²) in [7, 11) is 0. The van der Waals surface area contributed by atoms with Gasteiger partial charge in [-0.1, -0.05) is 12.6 Å². The second kappa shape index (κ2) is 13.9. The Morgan fingerprint density at radius 1 is 1.02 bits per heavy atom. The summed E-state index contributed by atoms with van der Waals surface area (Å²) in [5.74, 6) is 0.757. The van der Waals surface area contributed by atoms with Gasteiger partial charge in [-0.15, -0.1) is 11.3 Å². The molecule has 1 fully saturated rings. The molecule has 0 aliphatic carbocycles. The molecule has 4 N–H and O–H groups in total. The van der Waals surface area contributed by atoms with E-state index in [1.807, 2.05) is 23.6 Å². The molecule has 2 amide bonds. The molecule has 4 aromatic rings. The molecule has 0 radical (unpaired) electrons. The SMILES string of the molecule is C=CC(=O)Nc1cccc(Oc2nc(Nc3ccc(N4CCN(CCCCC(=O)NO)CC4)cc3)nc3ccsc23)c1. The van der Waals surface area contributed by atoms with E-state index in [4.69, 9.17) is 9.94 Å². The van der Waals surface area contributed by atoms with Gasteiger partial charge in [0.05, 0.1) is 5.52 Å². The van der Waals surface area contributed by atoms with Gasteiger partial charge in [-0.2, -0.15) is 4.98 Å². The summed E-state index contributed by atoms with van der Waals surface area (Å²) in [4.78, 5) is 36.9. The molecule has 42 heavy (non-hydrogen) atoms. The third-order valence-corrected chi connectivity index (χ3v) is 7.78. The minimum Gasteiger partial charge on any atom is -0.437 e. The van der Waals surface area contributed by atoms with Gasteiger partial charge >= 0.3 is 0 Å².